The molecule has 1 saturated carbocycles. The number of rotatable bonds is 4. The molecule has 0 saturated heterocycles. The van der Waals surface area contributed by atoms with Crippen LogP contribution in [0, 0.1) is 0 Å². The van der Waals surface area contributed by atoms with E-state index in [1.165, 1.54) is 32.5 Å². The highest BCUT2D eigenvalue weighted by Gasteiger charge is 2.29. The zero-order valence-electron chi connectivity index (χ0n) is 37.7. The molecule has 0 aromatic heterocycles. The van der Waals surface area contributed by atoms with Crippen LogP contribution in [0.4, 0.5) is 0 Å². The Morgan fingerprint density at radius 1 is 0.426 bits per heavy atom. The Bertz CT molecular complexity index is 3450. The molecule has 0 spiro atoms. The first kappa shape index (κ1) is 24.1. The molecule has 0 heteroatoms. The summed E-state index contributed by atoms with van der Waals surface area (Å²) in [6.45, 7) is 0. The standard InChI is InChI=1S/C54H40/c1-3-21-42-35(14-1)16-13-29-43(42)37-17-11-19-39(32-37)53-47-25-7-9-27-49(47)54(50-28-10-8-26-48(50)53)40-20-12-18-38(33-40)51-34-41-31-30-36-15-2-4-22-44(36)52(41)46-24-6-5-23-45(46)51/h1-11,13-17,19,21-32,34,38,40H,12,18,20,33H2/i7D,8D,9D,10D,25D,26D,27D,28D. The summed E-state index contributed by atoms with van der Waals surface area (Å²) in [6, 6.07) is 43.6. The highest BCUT2D eigenvalue weighted by atomic mass is 14.3. The molecule has 10 aromatic carbocycles. The van der Waals surface area contributed by atoms with Gasteiger partial charge in [0, 0.05) is 0 Å². The van der Waals surface area contributed by atoms with Crippen molar-refractivity contribution in [2.75, 3.05) is 0 Å². The van der Waals surface area contributed by atoms with Gasteiger partial charge >= 0.3 is 0 Å². The molecule has 256 valence electrons. The van der Waals surface area contributed by atoms with Crippen LogP contribution in [0.15, 0.2) is 182 Å². The van der Waals surface area contributed by atoms with Crippen LogP contribution in [0.3, 0.4) is 0 Å². The van der Waals surface area contributed by atoms with Crippen LogP contribution >= 0.6 is 0 Å². The van der Waals surface area contributed by atoms with Crippen molar-refractivity contribution in [1.82, 2.24) is 0 Å². The van der Waals surface area contributed by atoms with Crippen molar-refractivity contribution in [3.63, 3.8) is 0 Å². The molecule has 2 atom stereocenters. The van der Waals surface area contributed by atoms with E-state index in [9.17, 15) is 5.48 Å². The van der Waals surface area contributed by atoms with Gasteiger partial charge in [0.1, 0.15) is 0 Å². The monoisotopic (exact) mass is 696 g/mol. The van der Waals surface area contributed by atoms with Crippen molar-refractivity contribution in [1.29, 1.82) is 0 Å². The molecule has 1 aliphatic rings. The highest BCUT2D eigenvalue weighted by molar-refractivity contribution is 6.21. The van der Waals surface area contributed by atoms with Gasteiger partial charge < -0.3 is 0 Å². The summed E-state index contributed by atoms with van der Waals surface area (Å²) < 4.78 is 74.3. The van der Waals surface area contributed by atoms with Crippen molar-refractivity contribution in [3.05, 3.63) is 193 Å². The molecular weight excluding hydrogens is 649 g/mol. The van der Waals surface area contributed by atoms with Gasteiger partial charge in [-0.2, -0.15) is 0 Å². The SMILES string of the molecule is [2H]c1c([2H])c([2H])c2c(C3CCCC(c4cc5ccc6ccccc6c5c5ccccc45)C3)c3c([2H])c([2H])c([2H])c([2H])c3c(-c3cccc(-c4cccc5ccccc45)c3)c2c1[2H]. The van der Waals surface area contributed by atoms with Crippen LogP contribution < -0.4 is 0 Å². The Hall–Kier alpha value is -6.24. The van der Waals surface area contributed by atoms with Crippen LogP contribution in [0.2, 0.25) is 0 Å². The van der Waals surface area contributed by atoms with Gasteiger partial charge in [0.25, 0.3) is 0 Å². The predicted octanol–water partition coefficient (Wildman–Crippen LogP) is 15.4. The number of fused-ring (bicyclic) bond motifs is 8. The van der Waals surface area contributed by atoms with E-state index in [1.807, 2.05) is 42.5 Å². The zero-order valence-corrected chi connectivity index (χ0v) is 29.7. The van der Waals surface area contributed by atoms with Crippen molar-refractivity contribution in [3.8, 4) is 22.3 Å². The largest absolute Gasteiger partial charge is 0.0629 e. The van der Waals surface area contributed by atoms with Crippen LogP contribution in [0.25, 0.3) is 86.9 Å². The van der Waals surface area contributed by atoms with Gasteiger partial charge in [-0.05, 0) is 135 Å². The summed E-state index contributed by atoms with van der Waals surface area (Å²) >= 11 is 0. The van der Waals surface area contributed by atoms with Gasteiger partial charge in [0.05, 0.1) is 11.0 Å². The van der Waals surface area contributed by atoms with E-state index < -0.39 is 0 Å². The lowest BCUT2D eigenvalue weighted by molar-refractivity contribution is 0.399. The number of hydrogen-bond donors (Lipinski definition) is 0. The van der Waals surface area contributed by atoms with Crippen LogP contribution in [-0.4, -0.2) is 0 Å². The van der Waals surface area contributed by atoms with Crippen molar-refractivity contribution < 1.29 is 11.0 Å². The van der Waals surface area contributed by atoms with E-state index in [1.54, 1.807) is 0 Å². The molecule has 0 N–H and O–H groups in total. The van der Waals surface area contributed by atoms with Gasteiger partial charge in [-0.3, -0.25) is 0 Å². The van der Waals surface area contributed by atoms with E-state index in [-0.39, 0.29) is 70.9 Å². The van der Waals surface area contributed by atoms with Crippen molar-refractivity contribution >= 4 is 64.6 Å². The summed E-state index contributed by atoms with van der Waals surface area (Å²) in [7, 11) is 0. The topological polar surface area (TPSA) is 0 Å². The maximum Gasteiger partial charge on any atom is 0.0629 e. The van der Waals surface area contributed by atoms with Crippen LogP contribution in [0.5, 0.6) is 0 Å². The minimum Gasteiger partial charge on any atom is -0.0616 e. The third-order valence-electron chi connectivity index (χ3n) is 12.0. The highest BCUT2D eigenvalue weighted by Crippen LogP contribution is 2.50. The zero-order chi connectivity index (χ0) is 42.6. The van der Waals surface area contributed by atoms with Gasteiger partial charge in [-0.1, -0.05) is 182 Å². The summed E-state index contributed by atoms with van der Waals surface area (Å²) in [4.78, 5) is 0. The summed E-state index contributed by atoms with van der Waals surface area (Å²) in [5.41, 5.74) is 4.69. The summed E-state index contributed by atoms with van der Waals surface area (Å²) in [5, 5.41) is 10.5. The lowest BCUT2D eigenvalue weighted by atomic mass is 9.71. The second kappa shape index (κ2) is 12.7. The fraction of sp³-hybridized carbons (Fsp3) is 0.111. The van der Waals surface area contributed by atoms with Crippen LogP contribution in [-0.2, 0) is 0 Å². The molecule has 0 nitrogen and oxygen atoms in total. The lowest BCUT2D eigenvalue weighted by Gasteiger charge is -2.33. The molecule has 0 heterocycles. The quantitative estimate of drug-likeness (QED) is 0.127. The minimum atomic E-state index is -0.378. The van der Waals surface area contributed by atoms with Gasteiger partial charge in [-0.15, -0.1) is 0 Å². The average molecular weight is 697 g/mol. The summed E-state index contributed by atoms with van der Waals surface area (Å²) in [5.74, 6) is -0.178. The Kier molecular flexibility index (Phi) is 5.69. The van der Waals surface area contributed by atoms with Gasteiger partial charge in [-0.25, -0.2) is 0 Å². The Morgan fingerprint density at radius 3 is 1.78 bits per heavy atom. The maximum atomic E-state index is 9.60. The van der Waals surface area contributed by atoms with E-state index in [0.29, 0.717) is 40.3 Å². The summed E-state index contributed by atoms with van der Waals surface area (Å²) in [6.07, 6.45) is 3.12. The molecule has 0 radical (unpaired) electrons. The molecule has 54 heavy (non-hydrogen) atoms. The minimum absolute atomic E-state index is 0.0859. The van der Waals surface area contributed by atoms with E-state index >= 15 is 0 Å². The second-order valence-corrected chi connectivity index (χ2v) is 14.9. The Labute approximate surface area is 327 Å². The molecule has 1 fully saturated rings. The number of hydrogen-bond acceptors (Lipinski definition) is 0. The molecule has 1 aliphatic carbocycles. The van der Waals surface area contributed by atoms with Gasteiger partial charge in [0.15, 0.2) is 0 Å². The lowest BCUT2D eigenvalue weighted by Crippen LogP contribution is -2.14. The van der Waals surface area contributed by atoms with Crippen LogP contribution in [0.1, 0.15) is 59.6 Å². The molecule has 10 aromatic rings. The molecule has 0 amide bonds. The molecule has 0 bridgehead atoms. The Morgan fingerprint density at radius 2 is 1.00 bits per heavy atom. The van der Waals surface area contributed by atoms with E-state index in [2.05, 4.69) is 91.0 Å². The third kappa shape index (κ3) is 4.97. The number of benzene rings is 10. The predicted molar refractivity (Wildman–Crippen MR) is 233 cm³/mol. The van der Waals surface area contributed by atoms with E-state index in [4.69, 9.17) is 5.48 Å². The molecule has 2 unspecified atom stereocenters. The van der Waals surface area contributed by atoms with Crippen molar-refractivity contribution in [2.24, 2.45) is 0 Å². The fourth-order valence-corrected chi connectivity index (χ4v) is 9.65. The second-order valence-electron chi connectivity index (χ2n) is 14.9. The van der Waals surface area contributed by atoms with Crippen molar-refractivity contribution in [2.45, 2.75) is 37.5 Å². The fourth-order valence-electron chi connectivity index (χ4n) is 9.65. The average Bonchev–Trinajstić information content (AvgIpc) is 3.32. The third-order valence-corrected chi connectivity index (χ3v) is 12.0. The molecule has 0 aliphatic heterocycles. The maximum absolute atomic E-state index is 9.60. The first-order chi connectivity index (χ1) is 30.1. The van der Waals surface area contributed by atoms with E-state index in [0.717, 1.165) is 40.1 Å². The first-order valence-electron chi connectivity index (χ1n) is 23.0. The first-order valence-corrected chi connectivity index (χ1v) is 19.0. The molecule has 11 rings (SSSR count). The normalized spacial score (nSPS) is 18.3. The Balaban J connectivity index is 1.18. The molecular formula is C54H40. The smallest absolute Gasteiger partial charge is 0.0616 e. The van der Waals surface area contributed by atoms with Gasteiger partial charge in [0.2, 0.25) is 0 Å².